The minimum atomic E-state index is -0.573. The van der Waals surface area contributed by atoms with Crippen molar-refractivity contribution in [3.05, 3.63) is 78.5 Å². The van der Waals surface area contributed by atoms with E-state index in [1.807, 2.05) is 6.79 Å². The molecule has 0 saturated carbocycles. The summed E-state index contributed by atoms with van der Waals surface area (Å²) in [6, 6.07) is 5.91. The monoisotopic (exact) mass is 332 g/mol. The van der Waals surface area contributed by atoms with Crippen LogP contribution in [0.4, 0.5) is 0 Å². The van der Waals surface area contributed by atoms with E-state index in [1.54, 1.807) is 6.08 Å². The van der Waals surface area contributed by atoms with E-state index in [1.165, 1.54) is 30.3 Å². The fourth-order valence-corrected chi connectivity index (χ4v) is 1.29. The molecule has 1 aromatic rings. The largest absolute Gasteiger partial charge is 0.424 e. The summed E-state index contributed by atoms with van der Waals surface area (Å²) in [5, 5.41) is 0. The molecule has 6 heteroatoms. The maximum atomic E-state index is 11.8. The zero-order chi connectivity index (χ0) is 17.8. The maximum absolute atomic E-state index is 11.8. The highest BCUT2D eigenvalue weighted by atomic mass is 32.1. The van der Waals surface area contributed by atoms with Crippen LogP contribution in [0.25, 0.3) is 0 Å². The Labute approximate surface area is 140 Å². The van der Waals surface area contributed by atoms with Crippen molar-refractivity contribution < 1.29 is 23.9 Å². The quantitative estimate of drug-likeness (QED) is 0.216. The molecule has 0 saturated heterocycles. The number of ether oxygens (including phenoxy) is 2. The van der Waals surface area contributed by atoms with E-state index in [0.717, 1.165) is 6.08 Å². The van der Waals surface area contributed by atoms with Crippen molar-refractivity contribution in [3.8, 4) is 5.75 Å². The molecule has 0 aliphatic rings. The van der Waals surface area contributed by atoms with Gasteiger partial charge >= 0.3 is 11.9 Å². The summed E-state index contributed by atoms with van der Waals surface area (Å²) in [6.45, 7) is 12.4. The molecule has 0 unspecified atom stereocenters. The minimum absolute atomic E-state index is 0.164. The van der Waals surface area contributed by atoms with Gasteiger partial charge in [-0.1, -0.05) is 19.7 Å². The van der Waals surface area contributed by atoms with Crippen molar-refractivity contribution in [2.24, 2.45) is 0 Å². The molecular weight excluding hydrogens is 316 g/mol. The average molecular weight is 332 g/mol. The van der Waals surface area contributed by atoms with Crippen LogP contribution in [0.5, 0.6) is 5.75 Å². The molecule has 0 atom stereocenters. The first-order chi connectivity index (χ1) is 10.9. The Morgan fingerprint density at radius 1 is 1.04 bits per heavy atom. The molecule has 0 radical (unpaired) electrons. The van der Waals surface area contributed by atoms with Crippen molar-refractivity contribution in [1.82, 2.24) is 0 Å². The van der Waals surface area contributed by atoms with Gasteiger partial charge in [-0.05, 0) is 41.3 Å². The van der Waals surface area contributed by atoms with Crippen LogP contribution in [-0.4, -0.2) is 18.7 Å². The number of esters is 2. The summed E-state index contributed by atoms with van der Waals surface area (Å²) in [7, 11) is 0. The lowest BCUT2D eigenvalue weighted by molar-refractivity contribution is -0.128. The second kappa shape index (κ2) is 10.8. The molecule has 1 aromatic carbocycles. The minimum Gasteiger partial charge on any atom is -0.424 e. The number of thiol groups is 1. The molecule has 0 N–H and O–H groups in total. The van der Waals surface area contributed by atoms with Gasteiger partial charge in [-0.25, -0.2) is 9.59 Å². The number of carbonyl (C=O) groups is 3. The Balaban J connectivity index is 0.00000232. The second-order valence-electron chi connectivity index (χ2n) is 3.83. The van der Waals surface area contributed by atoms with Gasteiger partial charge in [0, 0.05) is 6.08 Å². The predicted octanol–water partition coefficient (Wildman–Crippen LogP) is 3.26. The first kappa shape index (κ1) is 20.1. The van der Waals surface area contributed by atoms with E-state index in [4.69, 9.17) is 14.3 Å². The van der Waals surface area contributed by atoms with Crippen LogP contribution in [-0.2, 0) is 14.3 Å². The van der Waals surface area contributed by atoms with Crippen LogP contribution >= 0.6 is 12.6 Å². The molecule has 120 valence electrons. The van der Waals surface area contributed by atoms with E-state index in [9.17, 15) is 9.59 Å². The molecule has 0 amide bonds. The summed E-state index contributed by atoms with van der Waals surface area (Å²) in [6.07, 6.45) is 4.08. The lowest BCUT2D eigenvalue weighted by Gasteiger charge is -2.05. The molecule has 5 nitrogen and oxygen atoms in total. The van der Waals surface area contributed by atoms with E-state index < -0.39 is 11.9 Å². The van der Waals surface area contributed by atoms with Gasteiger partial charge in [0.25, 0.3) is 0 Å². The first-order valence-corrected chi connectivity index (χ1v) is 6.57. The highest BCUT2D eigenvalue weighted by Crippen LogP contribution is 2.14. The van der Waals surface area contributed by atoms with Gasteiger partial charge in [-0.2, -0.15) is 0 Å². The van der Waals surface area contributed by atoms with E-state index in [-0.39, 0.29) is 5.76 Å². The molecule has 0 aliphatic heterocycles. The first-order valence-electron chi connectivity index (χ1n) is 6.12. The zero-order valence-electron chi connectivity index (χ0n) is 12.4. The standard InChI is InChI=1S/C16H14O4S.CH2O/c1-4-15(17)20-14-9-7-13(8-10-14)16(18)19-11(2)5-6-12(3)21;1-2/h4-10,21H,1-3H2;1H2/b6-5-;. The van der Waals surface area contributed by atoms with Crippen LogP contribution < -0.4 is 4.74 Å². The number of hydrogen-bond donors (Lipinski definition) is 1. The summed E-state index contributed by atoms with van der Waals surface area (Å²) < 4.78 is 9.90. The predicted molar refractivity (Wildman–Crippen MR) is 91.2 cm³/mol. The van der Waals surface area contributed by atoms with E-state index in [2.05, 4.69) is 32.4 Å². The number of allylic oxidation sites excluding steroid dienone is 2. The van der Waals surface area contributed by atoms with Crippen LogP contribution in [0.15, 0.2) is 72.9 Å². The molecule has 0 aliphatic carbocycles. The van der Waals surface area contributed by atoms with Crippen LogP contribution in [0, 0.1) is 0 Å². The zero-order valence-corrected chi connectivity index (χ0v) is 13.3. The highest BCUT2D eigenvalue weighted by molar-refractivity contribution is 7.84. The SMILES string of the molecule is C=CC(=O)Oc1ccc(C(=O)OC(=C)/C=C\C(=C)S)cc1.C=O. The van der Waals surface area contributed by atoms with Gasteiger partial charge < -0.3 is 14.3 Å². The van der Waals surface area contributed by atoms with Crippen molar-refractivity contribution in [2.45, 2.75) is 0 Å². The average Bonchev–Trinajstić information content (AvgIpc) is 2.55. The summed E-state index contributed by atoms with van der Waals surface area (Å²) >= 11 is 3.97. The van der Waals surface area contributed by atoms with Crippen LogP contribution in [0.2, 0.25) is 0 Å². The van der Waals surface area contributed by atoms with Crippen molar-refractivity contribution in [3.63, 3.8) is 0 Å². The van der Waals surface area contributed by atoms with E-state index in [0.29, 0.717) is 16.2 Å². The maximum Gasteiger partial charge on any atom is 0.343 e. The lowest BCUT2D eigenvalue weighted by Crippen LogP contribution is -2.05. The molecule has 0 heterocycles. The normalized spacial score (nSPS) is 9.26. The van der Waals surface area contributed by atoms with E-state index >= 15 is 0 Å². The van der Waals surface area contributed by atoms with Crippen molar-refractivity contribution in [1.29, 1.82) is 0 Å². The third-order valence-corrected chi connectivity index (χ3v) is 2.31. The number of hydrogen-bond acceptors (Lipinski definition) is 6. The molecule has 1 rings (SSSR count). The fourth-order valence-electron chi connectivity index (χ4n) is 1.22. The lowest BCUT2D eigenvalue weighted by atomic mass is 10.2. The highest BCUT2D eigenvalue weighted by Gasteiger charge is 2.09. The Morgan fingerprint density at radius 3 is 2.09 bits per heavy atom. The molecule has 0 bridgehead atoms. The molecule has 23 heavy (non-hydrogen) atoms. The second-order valence-corrected chi connectivity index (χ2v) is 4.40. The summed E-state index contributed by atoms with van der Waals surface area (Å²) in [5.74, 6) is -0.675. The topological polar surface area (TPSA) is 69.7 Å². The number of carbonyl (C=O) groups excluding carboxylic acids is 3. The summed E-state index contributed by atoms with van der Waals surface area (Å²) in [4.78, 5) is 31.3. The molecular formula is C17H16O5S. The van der Waals surface area contributed by atoms with Crippen molar-refractivity contribution >= 4 is 31.4 Å². The fraction of sp³-hybridized carbons (Fsp3) is 0. The van der Waals surface area contributed by atoms with Gasteiger partial charge in [0.1, 0.15) is 18.3 Å². The Bertz CT molecular complexity index is 629. The van der Waals surface area contributed by atoms with Crippen molar-refractivity contribution in [2.75, 3.05) is 0 Å². The van der Waals surface area contributed by atoms with Gasteiger partial charge in [0.2, 0.25) is 0 Å². The molecule has 0 fully saturated rings. The third kappa shape index (κ3) is 8.23. The van der Waals surface area contributed by atoms with Gasteiger partial charge in [0.05, 0.1) is 5.56 Å². The Morgan fingerprint density at radius 2 is 1.61 bits per heavy atom. The van der Waals surface area contributed by atoms with Gasteiger partial charge in [-0.15, -0.1) is 12.6 Å². The molecule has 0 spiro atoms. The Kier molecular flexibility index (Phi) is 9.46. The number of benzene rings is 1. The van der Waals surface area contributed by atoms with Gasteiger partial charge in [0.15, 0.2) is 0 Å². The summed E-state index contributed by atoms with van der Waals surface area (Å²) in [5.41, 5.74) is 0.299. The third-order valence-electron chi connectivity index (χ3n) is 2.16. The van der Waals surface area contributed by atoms with Crippen LogP contribution in [0.3, 0.4) is 0 Å². The smallest absolute Gasteiger partial charge is 0.343 e. The van der Waals surface area contributed by atoms with Crippen LogP contribution in [0.1, 0.15) is 10.4 Å². The molecule has 0 aromatic heterocycles. The number of rotatable bonds is 6. The Hall–Kier alpha value is -2.86. The van der Waals surface area contributed by atoms with Gasteiger partial charge in [-0.3, -0.25) is 0 Å².